The quantitative estimate of drug-likeness (QED) is 0.648. The van der Waals surface area contributed by atoms with Crippen LogP contribution in [-0.2, 0) is 5.41 Å². The fourth-order valence-electron chi connectivity index (χ4n) is 2.85. The number of rotatable bonds is 1. The average Bonchev–Trinajstić information content (AvgIpc) is 2.44. The number of fused-ring (bicyclic) bond motifs is 1. The van der Waals surface area contributed by atoms with Gasteiger partial charge < -0.3 is 4.98 Å². The smallest absolute Gasteiger partial charge is 0.255 e. The molecular weight excluding hydrogens is 292 g/mol. The fourth-order valence-corrected chi connectivity index (χ4v) is 3.04. The third-order valence-corrected chi connectivity index (χ3v) is 3.96. The van der Waals surface area contributed by atoms with Crippen LogP contribution in [0.25, 0.3) is 22.0 Å². The van der Waals surface area contributed by atoms with Gasteiger partial charge in [-0.2, -0.15) is 0 Å². The normalized spacial score (nSPS) is 11.8. The number of nitrogens with one attached hydrogen (secondary N) is 2. The molecule has 22 heavy (non-hydrogen) atoms. The van der Waals surface area contributed by atoms with Crippen molar-refractivity contribution in [2.45, 2.75) is 26.2 Å². The molecular formula is C18H18N2OS. The van der Waals surface area contributed by atoms with Gasteiger partial charge in [0.15, 0.2) is 4.77 Å². The van der Waals surface area contributed by atoms with E-state index in [1.165, 1.54) is 0 Å². The number of hydrogen-bond acceptors (Lipinski definition) is 2. The Kier molecular flexibility index (Phi) is 3.49. The first-order chi connectivity index (χ1) is 10.4. The Bertz CT molecular complexity index is 956. The Hall–Kier alpha value is -2.20. The van der Waals surface area contributed by atoms with Crippen molar-refractivity contribution < 1.29 is 0 Å². The summed E-state index contributed by atoms with van der Waals surface area (Å²) < 4.78 is 0.348. The Labute approximate surface area is 134 Å². The highest BCUT2D eigenvalue weighted by Crippen LogP contribution is 2.33. The maximum Gasteiger partial charge on any atom is 0.255 e. The maximum atomic E-state index is 12.5. The summed E-state index contributed by atoms with van der Waals surface area (Å²) >= 11 is 5.18. The van der Waals surface area contributed by atoms with Crippen molar-refractivity contribution in [3.8, 4) is 11.3 Å². The zero-order valence-electron chi connectivity index (χ0n) is 12.9. The minimum atomic E-state index is -0.292. The molecule has 1 heterocycles. The first-order valence-corrected chi connectivity index (χ1v) is 7.64. The number of aromatic amines is 2. The van der Waals surface area contributed by atoms with Crippen molar-refractivity contribution >= 4 is 23.0 Å². The topological polar surface area (TPSA) is 48.6 Å². The van der Waals surface area contributed by atoms with Gasteiger partial charge in [-0.25, -0.2) is 0 Å². The van der Waals surface area contributed by atoms with Crippen LogP contribution < -0.4 is 5.56 Å². The van der Waals surface area contributed by atoms with Gasteiger partial charge >= 0.3 is 0 Å². The predicted octanol–water partition coefficient (Wildman–Crippen LogP) is 4.55. The van der Waals surface area contributed by atoms with Crippen LogP contribution in [-0.4, -0.2) is 9.97 Å². The SMILES string of the molecule is CC(C)(C)c1c(-c2cccc3ccccc23)[nH]c(=S)[nH]c1=O. The van der Waals surface area contributed by atoms with Gasteiger partial charge in [-0.05, 0) is 28.4 Å². The van der Waals surface area contributed by atoms with E-state index in [2.05, 4.69) is 28.2 Å². The van der Waals surface area contributed by atoms with Crippen molar-refractivity contribution in [1.29, 1.82) is 0 Å². The summed E-state index contributed by atoms with van der Waals surface area (Å²) in [6, 6.07) is 14.2. The molecule has 0 aliphatic rings. The minimum absolute atomic E-state index is 0.126. The molecule has 1 aromatic heterocycles. The summed E-state index contributed by atoms with van der Waals surface area (Å²) in [5, 5.41) is 2.24. The second-order valence-electron chi connectivity index (χ2n) is 6.43. The summed E-state index contributed by atoms with van der Waals surface area (Å²) in [6.45, 7) is 6.09. The van der Waals surface area contributed by atoms with Crippen molar-refractivity contribution in [2.75, 3.05) is 0 Å². The molecule has 0 saturated heterocycles. The minimum Gasteiger partial charge on any atom is -0.331 e. The summed E-state index contributed by atoms with van der Waals surface area (Å²) in [6.07, 6.45) is 0. The maximum absolute atomic E-state index is 12.5. The second kappa shape index (κ2) is 5.21. The van der Waals surface area contributed by atoms with Crippen LogP contribution in [0.1, 0.15) is 26.3 Å². The zero-order chi connectivity index (χ0) is 15.9. The van der Waals surface area contributed by atoms with Gasteiger partial charge in [0.05, 0.1) is 5.69 Å². The van der Waals surface area contributed by atoms with Gasteiger partial charge in [-0.15, -0.1) is 0 Å². The van der Waals surface area contributed by atoms with Crippen LogP contribution in [0.4, 0.5) is 0 Å². The van der Waals surface area contributed by atoms with E-state index < -0.39 is 0 Å². The van der Waals surface area contributed by atoms with Crippen molar-refractivity contribution in [1.82, 2.24) is 9.97 Å². The lowest BCUT2D eigenvalue weighted by atomic mass is 9.84. The van der Waals surface area contributed by atoms with Gasteiger partial charge in [-0.1, -0.05) is 63.2 Å². The second-order valence-corrected chi connectivity index (χ2v) is 6.84. The Morgan fingerprint density at radius 2 is 1.64 bits per heavy atom. The molecule has 0 aliphatic carbocycles. The molecule has 0 amide bonds. The van der Waals surface area contributed by atoms with E-state index in [0.717, 1.165) is 27.6 Å². The van der Waals surface area contributed by atoms with E-state index >= 15 is 0 Å². The van der Waals surface area contributed by atoms with Crippen LogP contribution in [0.5, 0.6) is 0 Å². The molecule has 4 heteroatoms. The summed E-state index contributed by atoms with van der Waals surface area (Å²) in [7, 11) is 0. The molecule has 0 aliphatic heterocycles. The number of benzene rings is 2. The third-order valence-electron chi connectivity index (χ3n) is 3.75. The van der Waals surface area contributed by atoms with Crippen molar-refractivity contribution in [3.05, 3.63) is 63.2 Å². The van der Waals surface area contributed by atoms with Gasteiger partial charge in [0.2, 0.25) is 0 Å². The van der Waals surface area contributed by atoms with E-state index in [0.29, 0.717) is 4.77 Å². The first-order valence-electron chi connectivity index (χ1n) is 7.23. The Balaban J connectivity index is 2.46. The molecule has 0 saturated carbocycles. The fraction of sp³-hybridized carbons (Fsp3) is 0.222. The summed E-state index contributed by atoms with van der Waals surface area (Å²) in [5.74, 6) is 0. The van der Waals surface area contributed by atoms with E-state index in [9.17, 15) is 4.79 Å². The monoisotopic (exact) mass is 310 g/mol. The van der Waals surface area contributed by atoms with Gasteiger partial charge in [0.1, 0.15) is 0 Å². The highest BCUT2D eigenvalue weighted by atomic mass is 32.1. The third kappa shape index (κ3) is 2.50. The van der Waals surface area contributed by atoms with Crippen LogP contribution >= 0.6 is 12.2 Å². The molecule has 3 aromatic rings. The lowest BCUT2D eigenvalue weighted by Crippen LogP contribution is -2.27. The lowest BCUT2D eigenvalue weighted by Gasteiger charge is -2.22. The van der Waals surface area contributed by atoms with Gasteiger partial charge in [0, 0.05) is 11.1 Å². The average molecular weight is 310 g/mol. The molecule has 0 fully saturated rings. The summed E-state index contributed by atoms with van der Waals surface area (Å²) in [4.78, 5) is 18.4. The van der Waals surface area contributed by atoms with Crippen molar-refractivity contribution in [2.24, 2.45) is 0 Å². The largest absolute Gasteiger partial charge is 0.331 e. The number of aromatic nitrogens is 2. The van der Waals surface area contributed by atoms with E-state index in [4.69, 9.17) is 12.2 Å². The molecule has 3 nitrogen and oxygen atoms in total. The summed E-state index contributed by atoms with van der Waals surface area (Å²) in [5.41, 5.74) is 2.11. The Morgan fingerprint density at radius 1 is 0.955 bits per heavy atom. The van der Waals surface area contributed by atoms with Crippen molar-refractivity contribution in [3.63, 3.8) is 0 Å². The molecule has 0 atom stereocenters. The molecule has 2 N–H and O–H groups in total. The standard InChI is InChI=1S/C18H18N2OS/c1-18(2,3)14-15(19-17(22)20-16(14)21)13-10-6-8-11-7-4-5-9-12(11)13/h4-10H,1-3H3,(H2,19,20,21,22). The van der Waals surface area contributed by atoms with Crippen LogP contribution in [0, 0.1) is 4.77 Å². The molecule has 0 radical (unpaired) electrons. The van der Waals surface area contributed by atoms with E-state index in [1.54, 1.807) is 0 Å². The number of hydrogen-bond donors (Lipinski definition) is 2. The highest BCUT2D eigenvalue weighted by molar-refractivity contribution is 7.71. The molecule has 0 spiro atoms. The van der Waals surface area contributed by atoms with E-state index in [-0.39, 0.29) is 11.0 Å². The zero-order valence-corrected chi connectivity index (χ0v) is 13.7. The molecule has 0 bridgehead atoms. The lowest BCUT2D eigenvalue weighted by molar-refractivity contribution is 0.579. The van der Waals surface area contributed by atoms with Gasteiger partial charge in [0.25, 0.3) is 5.56 Å². The Morgan fingerprint density at radius 3 is 2.36 bits per heavy atom. The molecule has 112 valence electrons. The van der Waals surface area contributed by atoms with E-state index in [1.807, 2.05) is 45.0 Å². The van der Waals surface area contributed by atoms with Crippen LogP contribution in [0.3, 0.4) is 0 Å². The highest BCUT2D eigenvalue weighted by Gasteiger charge is 2.24. The molecule has 2 aromatic carbocycles. The molecule has 3 rings (SSSR count). The van der Waals surface area contributed by atoms with Crippen LogP contribution in [0.2, 0.25) is 0 Å². The predicted molar refractivity (Wildman–Crippen MR) is 93.9 cm³/mol. The van der Waals surface area contributed by atoms with Gasteiger partial charge in [-0.3, -0.25) is 9.78 Å². The number of H-pyrrole nitrogens is 2. The first kappa shape index (κ1) is 14.7. The van der Waals surface area contributed by atoms with Crippen LogP contribution in [0.15, 0.2) is 47.3 Å². The molecule has 0 unspecified atom stereocenters.